The molecule has 1 aromatic rings. The van der Waals surface area contributed by atoms with Crippen molar-refractivity contribution in [3.63, 3.8) is 0 Å². The fourth-order valence-electron chi connectivity index (χ4n) is 1.89. The average Bonchev–Trinajstić information content (AvgIpc) is 2.81. The highest BCUT2D eigenvalue weighted by Gasteiger charge is 2.20. The maximum Gasteiger partial charge on any atom is 0.195 e. The van der Waals surface area contributed by atoms with Crippen molar-refractivity contribution in [1.29, 1.82) is 0 Å². The Bertz CT molecular complexity index is 355. The van der Waals surface area contributed by atoms with Crippen molar-refractivity contribution in [3.05, 3.63) is 6.33 Å². The molecule has 0 amide bonds. The molecule has 0 aliphatic heterocycles. The summed E-state index contributed by atoms with van der Waals surface area (Å²) in [7, 11) is 1.61. The van der Waals surface area contributed by atoms with E-state index in [9.17, 15) is 0 Å². The summed E-state index contributed by atoms with van der Waals surface area (Å²) in [5.74, 6) is 6.55. The molecule has 2 rings (SSSR count). The van der Waals surface area contributed by atoms with Crippen LogP contribution in [0, 0.1) is 0 Å². The highest BCUT2D eigenvalue weighted by Crippen LogP contribution is 2.39. The lowest BCUT2D eigenvalue weighted by molar-refractivity contribution is 0.400. The van der Waals surface area contributed by atoms with Crippen LogP contribution in [-0.4, -0.2) is 22.3 Å². The van der Waals surface area contributed by atoms with Gasteiger partial charge in [0.15, 0.2) is 11.6 Å². The smallest absolute Gasteiger partial charge is 0.195 e. The van der Waals surface area contributed by atoms with Crippen molar-refractivity contribution in [1.82, 2.24) is 9.97 Å². The second-order valence-corrected chi connectivity index (χ2v) is 5.02. The molecule has 1 aromatic heterocycles. The first kappa shape index (κ1) is 11.5. The van der Waals surface area contributed by atoms with Crippen molar-refractivity contribution in [3.8, 4) is 5.75 Å². The lowest BCUT2D eigenvalue weighted by Crippen LogP contribution is -2.11. The standard InChI is InChI=1S/C10H16N4OS/c1-15-8-9(14-11)12-6-13-10(8)16-7-4-2-3-5-7/h6-7H,2-5,11H2,1H3,(H,12,13,14). The molecule has 0 radical (unpaired) electrons. The minimum atomic E-state index is 0.540. The number of hydrogen-bond acceptors (Lipinski definition) is 6. The second kappa shape index (κ2) is 5.36. The van der Waals surface area contributed by atoms with E-state index in [0.717, 1.165) is 5.03 Å². The number of nitrogens with two attached hydrogens (primary N) is 1. The van der Waals surface area contributed by atoms with Crippen molar-refractivity contribution in [2.75, 3.05) is 12.5 Å². The van der Waals surface area contributed by atoms with Gasteiger partial charge in [0.1, 0.15) is 11.4 Å². The van der Waals surface area contributed by atoms with E-state index >= 15 is 0 Å². The number of nitrogens with zero attached hydrogens (tertiary/aromatic N) is 2. The molecule has 1 fully saturated rings. The zero-order valence-corrected chi connectivity index (χ0v) is 10.1. The van der Waals surface area contributed by atoms with E-state index in [1.807, 2.05) is 0 Å². The number of thioether (sulfide) groups is 1. The molecular weight excluding hydrogens is 224 g/mol. The third-order valence-corrected chi connectivity index (χ3v) is 4.01. The number of nitrogens with one attached hydrogen (secondary N) is 1. The van der Waals surface area contributed by atoms with Crippen LogP contribution < -0.4 is 16.0 Å². The van der Waals surface area contributed by atoms with E-state index in [4.69, 9.17) is 10.6 Å². The molecule has 1 aliphatic carbocycles. The molecular formula is C10H16N4OS. The third-order valence-electron chi connectivity index (χ3n) is 2.69. The SMILES string of the molecule is COc1c(NN)ncnc1SC1CCCC1. The van der Waals surface area contributed by atoms with Crippen LogP contribution in [0.4, 0.5) is 5.82 Å². The number of hydrazine groups is 1. The van der Waals surface area contributed by atoms with Crippen molar-refractivity contribution >= 4 is 17.6 Å². The minimum Gasteiger partial charge on any atom is -0.490 e. The Kier molecular flexibility index (Phi) is 3.84. The summed E-state index contributed by atoms with van der Waals surface area (Å²) in [5, 5.41) is 1.52. The maximum absolute atomic E-state index is 5.37. The summed E-state index contributed by atoms with van der Waals surface area (Å²) in [6.45, 7) is 0. The van der Waals surface area contributed by atoms with E-state index in [-0.39, 0.29) is 0 Å². The Morgan fingerprint density at radius 1 is 1.44 bits per heavy atom. The van der Waals surface area contributed by atoms with Crippen LogP contribution in [-0.2, 0) is 0 Å². The Morgan fingerprint density at radius 3 is 2.81 bits per heavy atom. The highest BCUT2D eigenvalue weighted by atomic mass is 32.2. The zero-order chi connectivity index (χ0) is 11.4. The van der Waals surface area contributed by atoms with Gasteiger partial charge >= 0.3 is 0 Å². The quantitative estimate of drug-likeness (QED) is 0.475. The van der Waals surface area contributed by atoms with Gasteiger partial charge in [0.25, 0.3) is 0 Å². The first-order valence-corrected chi connectivity index (χ1v) is 6.25. The van der Waals surface area contributed by atoms with E-state index < -0.39 is 0 Å². The summed E-state index contributed by atoms with van der Waals surface area (Å²) in [5.41, 5.74) is 2.52. The van der Waals surface area contributed by atoms with Crippen LogP contribution in [0.1, 0.15) is 25.7 Å². The van der Waals surface area contributed by atoms with Gasteiger partial charge in [-0.2, -0.15) is 0 Å². The van der Waals surface area contributed by atoms with E-state index in [1.54, 1.807) is 18.9 Å². The van der Waals surface area contributed by atoms with Crippen molar-refractivity contribution < 1.29 is 4.74 Å². The highest BCUT2D eigenvalue weighted by molar-refractivity contribution is 8.00. The van der Waals surface area contributed by atoms with Gasteiger partial charge in [0.05, 0.1) is 7.11 Å². The van der Waals surface area contributed by atoms with Crippen LogP contribution >= 0.6 is 11.8 Å². The average molecular weight is 240 g/mol. The molecule has 0 saturated heterocycles. The number of methoxy groups -OCH3 is 1. The number of anilines is 1. The van der Waals surface area contributed by atoms with E-state index in [1.165, 1.54) is 32.0 Å². The van der Waals surface area contributed by atoms with E-state index in [2.05, 4.69) is 15.4 Å². The second-order valence-electron chi connectivity index (χ2n) is 3.73. The van der Waals surface area contributed by atoms with Gasteiger partial charge in [-0.05, 0) is 12.8 Å². The molecule has 0 aromatic carbocycles. The summed E-state index contributed by atoms with van der Waals surface area (Å²) in [6.07, 6.45) is 6.64. The summed E-state index contributed by atoms with van der Waals surface area (Å²) < 4.78 is 5.29. The van der Waals surface area contributed by atoms with Gasteiger partial charge in [-0.25, -0.2) is 15.8 Å². The fraction of sp³-hybridized carbons (Fsp3) is 0.600. The van der Waals surface area contributed by atoms with Gasteiger partial charge in [-0.15, -0.1) is 0 Å². The molecule has 6 heteroatoms. The van der Waals surface area contributed by atoms with Crippen LogP contribution in [0.5, 0.6) is 5.75 Å². The molecule has 1 saturated carbocycles. The molecule has 0 atom stereocenters. The fourth-order valence-corrected chi connectivity index (χ4v) is 3.17. The monoisotopic (exact) mass is 240 g/mol. The van der Waals surface area contributed by atoms with Crippen molar-refractivity contribution in [2.45, 2.75) is 36.0 Å². The molecule has 1 heterocycles. The van der Waals surface area contributed by atoms with Crippen molar-refractivity contribution in [2.24, 2.45) is 5.84 Å². The predicted octanol–water partition coefficient (Wildman–Crippen LogP) is 1.81. The lowest BCUT2D eigenvalue weighted by atomic mass is 10.4. The molecule has 0 bridgehead atoms. The van der Waals surface area contributed by atoms with E-state index in [0.29, 0.717) is 16.8 Å². The Morgan fingerprint density at radius 2 is 2.19 bits per heavy atom. The number of nitrogen functional groups attached to an aromatic ring is 1. The molecule has 1 aliphatic rings. The lowest BCUT2D eigenvalue weighted by Gasteiger charge is -2.13. The number of rotatable bonds is 4. The maximum atomic E-state index is 5.37. The largest absolute Gasteiger partial charge is 0.490 e. The Balaban J connectivity index is 2.18. The van der Waals surface area contributed by atoms with Crippen LogP contribution in [0.25, 0.3) is 0 Å². The first-order valence-electron chi connectivity index (χ1n) is 5.37. The molecule has 88 valence electrons. The Labute approximate surface area is 99.2 Å². The summed E-state index contributed by atoms with van der Waals surface area (Å²) >= 11 is 1.76. The van der Waals surface area contributed by atoms with Gasteiger partial charge in [-0.3, -0.25) is 0 Å². The van der Waals surface area contributed by atoms with Gasteiger partial charge in [0.2, 0.25) is 0 Å². The van der Waals surface area contributed by atoms with Gasteiger partial charge in [0, 0.05) is 5.25 Å². The molecule has 3 N–H and O–H groups in total. The summed E-state index contributed by atoms with van der Waals surface area (Å²) in [6, 6.07) is 0. The third kappa shape index (κ3) is 2.38. The molecule has 16 heavy (non-hydrogen) atoms. The minimum absolute atomic E-state index is 0.540. The molecule has 0 unspecified atom stereocenters. The topological polar surface area (TPSA) is 73.1 Å². The first-order chi connectivity index (χ1) is 7.85. The number of hydrogen-bond donors (Lipinski definition) is 2. The Hall–Kier alpha value is -1.01. The molecule has 5 nitrogen and oxygen atoms in total. The van der Waals surface area contributed by atoms with Crippen LogP contribution in [0.15, 0.2) is 11.4 Å². The summed E-state index contributed by atoms with van der Waals surface area (Å²) in [4.78, 5) is 8.27. The van der Waals surface area contributed by atoms with Gasteiger partial charge < -0.3 is 10.2 Å². The van der Waals surface area contributed by atoms with Gasteiger partial charge in [-0.1, -0.05) is 24.6 Å². The van der Waals surface area contributed by atoms with Crippen LogP contribution in [0.2, 0.25) is 0 Å². The zero-order valence-electron chi connectivity index (χ0n) is 9.27. The molecule has 0 spiro atoms. The van der Waals surface area contributed by atoms with Crippen LogP contribution in [0.3, 0.4) is 0 Å². The predicted molar refractivity (Wildman–Crippen MR) is 64.5 cm³/mol. The number of ether oxygens (including phenoxy) is 1. The normalized spacial score (nSPS) is 16.4. The number of aromatic nitrogens is 2.